The van der Waals surface area contributed by atoms with Gasteiger partial charge in [-0.2, -0.15) is 0 Å². The number of nitrogens with one attached hydrogen (secondary N) is 1. The number of methoxy groups -OCH3 is 1. The van der Waals surface area contributed by atoms with E-state index in [2.05, 4.69) is 5.32 Å². The number of rotatable bonds is 6. The van der Waals surface area contributed by atoms with Crippen molar-refractivity contribution in [2.24, 2.45) is 0 Å². The van der Waals surface area contributed by atoms with Crippen LogP contribution in [0.15, 0.2) is 36.4 Å². The molecule has 2 aromatic carbocycles. The highest BCUT2D eigenvalue weighted by molar-refractivity contribution is 5.78. The molecule has 0 saturated heterocycles. The number of hydrogen-bond acceptors (Lipinski definition) is 4. The van der Waals surface area contributed by atoms with Gasteiger partial charge >= 0.3 is 0 Å². The van der Waals surface area contributed by atoms with Crippen LogP contribution in [0.3, 0.4) is 0 Å². The van der Waals surface area contributed by atoms with Crippen LogP contribution in [0.2, 0.25) is 0 Å². The number of amides is 1. The third-order valence-electron chi connectivity index (χ3n) is 4.24. The van der Waals surface area contributed by atoms with Gasteiger partial charge in [0.1, 0.15) is 19.0 Å². The Morgan fingerprint density at radius 3 is 2.48 bits per heavy atom. The molecule has 25 heavy (non-hydrogen) atoms. The normalized spacial score (nSPS) is 12.6. The van der Waals surface area contributed by atoms with Crippen molar-refractivity contribution < 1.29 is 19.0 Å². The summed E-state index contributed by atoms with van der Waals surface area (Å²) in [7, 11) is 1.63. The Balaban J connectivity index is 1.51. The fourth-order valence-corrected chi connectivity index (χ4v) is 2.83. The summed E-state index contributed by atoms with van der Waals surface area (Å²) >= 11 is 0. The van der Waals surface area contributed by atoms with Crippen LogP contribution < -0.4 is 19.5 Å². The van der Waals surface area contributed by atoms with Gasteiger partial charge in [-0.3, -0.25) is 4.79 Å². The summed E-state index contributed by atoms with van der Waals surface area (Å²) in [5, 5.41) is 2.97. The zero-order valence-electron chi connectivity index (χ0n) is 14.6. The molecule has 0 aromatic heterocycles. The van der Waals surface area contributed by atoms with Gasteiger partial charge in [0.25, 0.3) is 0 Å². The Morgan fingerprint density at radius 2 is 1.80 bits per heavy atom. The minimum Gasteiger partial charge on any atom is -0.497 e. The van der Waals surface area contributed by atoms with Crippen molar-refractivity contribution in [3.05, 3.63) is 53.1 Å². The summed E-state index contributed by atoms with van der Waals surface area (Å²) in [5.74, 6) is 2.39. The summed E-state index contributed by atoms with van der Waals surface area (Å²) in [4.78, 5) is 12.1. The van der Waals surface area contributed by atoms with E-state index in [0.29, 0.717) is 26.2 Å². The first-order chi connectivity index (χ1) is 12.2. The van der Waals surface area contributed by atoms with Crippen molar-refractivity contribution in [1.29, 1.82) is 0 Å². The number of aryl methyl sites for hydroxylation is 1. The van der Waals surface area contributed by atoms with Crippen LogP contribution in [0, 0.1) is 6.92 Å². The molecule has 2 aromatic rings. The zero-order chi connectivity index (χ0) is 17.6. The van der Waals surface area contributed by atoms with Crippen LogP contribution in [0.1, 0.15) is 16.7 Å². The Kier molecular flexibility index (Phi) is 5.43. The van der Waals surface area contributed by atoms with E-state index in [0.717, 1.165) is 40.4 Å². The van der Waals surface area contributed by atoms with Crippen molar-refractivity contribution in [1.82, 2.24) is 5.32 Å². The van der Waals surface area contributed by atoms with Gasteiger partial charge in [-0.05, 0) is 54.3 Å². The predicted octanol–water partition coefficient (Wildman–Crippen LogP) is 2.68. The first kappa shape index (κ1) is 17.1. The fraction of sp³-hybridized carbons (Fsp3) is 0.350. The number of ether oxygens (including phenoxy) is 3. The maximum Gasteiger partial charge on any atom is 0.224 e. The number of hydrogen-bond donors (Lipinski definition) is 1. The highest BCUT2D eigenvalue weighted by atomic mass is 16.6. The van der Waals surface area contributed by atoms with E-state index in [1.165, 1.54) is 0 Å². The Bertz CT molecular complexity index is 740. The van der Waals surface area contributed by atoms with E-state index in [1.54, 1.807) is 7.11 Å². The van der Waals surface area contributed by atoms with Gasteiger partial charge in [0.05, 0.1) is 13.5 Å². The number of carbonyl (C=O) groups excluding carboxylic acids is 1. The zero-order valence-corrected chi connectivity index (χ0v) is 14.6. The van der Waals surface area contributed by atoms with Gasteiger partial charge in [-0.25, -0.2) is 0 Å². The van der Waals surface area contributed by atoms with Crippen LogP contribution in [0.25, 0.3) is 0 Å². The average molecular weight is 341 g/mol. The van der Waals surface area contributed by atoms with Crippen LogP contribution >= 0.6 is 0 Å². The largest absolute Gasteiger partial charge is 0.497 e. The molecule has 0 unspecified atom stereocenters. The van der Waals surface area contributed by atoms with Gasteiger partial charge in [-0.15, -0.1) is 0 Å². The first-order valence-electron chi connectivity index (χ1n) is 8.44. The third kappa shape index (κ3) is 4.44. The number of benzene rings is 2. The molecule has 132 valence electrons. The molecule has 5 heteroatoms. The lowest BCUT2D eigenvalue weighted by Gasteiger charge is -2.20. The van der Waals surface area contributed by atoms with Gasteiger partial charge in [0.2, 0.25) is 5.91 Å². The van der Waals surface area contributed by atoms with E-state index in [1.807, 2.05) is 43.3 Å². The SMILES string of the molecule is COc1ccc(CC(=O)NCCc2cc3c(cc2C)OCCO3)cc1. The minimum absolute atomic E-state index is 0.0142. The van der Waals surface area contributed by atoms with Crippen molar-refractivity contribution >= 4 is 5.91 Å². The van der Waals surface area contributed by atoms with Gasteiger partial charge in [0.15, 0.2) is 11.5 Å². The topological polar surface area (TPSA) is 56.8 Å². The van der Waals surface area contributed by atoms with Crippen molar-refractivity contribution in [3.63, 3.8) is 0 Å². The summed E-state index contributed by atoms with van der Waals surface area (Å²) in [5.41, 5.74) is 3.27. The van der Waals surface area contributed by atoms with E-state index < -0.39 is 0 Å². The fourth-order valence-electron chi connectivity index (χ4n) is 2.83. The van der Waals surface area contributed by atoms with Crippen LogP contribution in [0.4, 0.5) is 0 Å². The van der Waals surface area contributed by atoms with Gasteiger partial charge in [-0.1, -0.05) is 12.1 Å². The lowest BCUT2D eigenvalue weighted by atomic mass is 10.0. The van der Waals surface area contributed by atoms with E-state index >= 15 is 0 Å². The minimum atomic E-state index is 0.0142. The lowest BCUT2D eigenvalue weighted by molar-refractivity contribution is -0.120. The maximum atomic E-state index is 12.1. The third-order valence-corrected chi connectivity index (χ3v) is 4.24. The van der Waals surface area contributed by atoms with Crippen LogP contribution in [-0.4, -0.2) is 32.8 Å². The summed E-state index contributed by atoms with van der Waals surface area (Å²) in [6.45, 7) is 3.81. The molecule has 0 bridgehead atoms. The molecule has 1 aliphatic rings. The Morgan fingerprint density at radius 1 is 1.12 bits per heavy atom. The number of fused-ring (bicyclic) bond motifs is 1. The van der Waals surface area contributed by atoms with E-state index in [4.69, 9.17) is 14.2 Å². The predicted molar refractivity (Wildman–Crippen MR) is 95.6 cm³/mol. The van der Waals surface area contributed by atoms with Crippen molar-refractivity contribution in [3.8, 4) is 17.2 Å². The summed E-state index contributed by atoms with van der Waals surface area (Å²) < 4.78 is 16.3. The van der Waals surface area contributed by atoms with E-state index in [-0.39, 0.29) is 5.91 Å². The Labute approximate surface area is 147 Å². The number of carbonyl (C=O) groups is 1. The van der Waals surface area contributed by atoms with Gasteiger partial charge < -0.3 is 19.5 Å². The van der Waals surface area contributed by atoms with Crippen LogP contribution in [-0.2, 0) is 17.6 Å². The summed E-state index contributed by atoms with van der Waals surface area (Å²) in [6, 6.07) is 11.6. The molecule has 5 nitrogen and oxygen atoms in total. The molecule has 0 atom stereocenters. The first-order valence-corrected chi connectivity index (χ1v) is 8.44. The summed E-state index contributed by atoms with van der Waals surface area (Å²) in [6.07, 6.45) is 1.13. The molecule has 0 saturated carbocycles. The van der Waals surface area contributed by atoms with Crippen molar-refractivity contribution in [2.45, 2.75) is 19.8 Å². The molecule has 1 N–H and O–H groups in total. The Hall–Kier alpha value is -2.69. The quantitative estimate of drug-likeness (QED) is 0.878. The molecule has 0 spiro atoms. The monoisotopic (exact) mass is 341 g/mol. The van der Waals surface area contributed by atoms with Crippen molar-refractivity contribution in [2.75, 3.05) is 26.9 Å². The molecule has 0 radical (unpaired) electrons. The average Bonchev–Trinajstić information content (AvgIpc) is 2.63. The second kappa shape index (κ2) is 7.92. The molecule has 0 aliphatic carbocycles. The molecular formula is C20H23NO4. The van der Waals surface area contributed by atoms with Gasteiger partial charge in [0, 0.05) is 6.54 Å². The van der Waals surface area contributed by atoms with E-state index in [9.17, 15) is 4.79 Å². The highest BCUT2D eigenvalue weighted by Crippen LogP contribution is 2.33. The smallest absolute Gasteiger partial charge is 0.224 e. The highest BCUT2D eigenvalue weighted by Gasteiger charge is 2.14. The van der Waals surface area contributed by atoms with Crippen LogP contribution in [0.5, 0.6) is 17.2 Å². The maximum absolute atomic E-state index is 12.1. The molecular weight excluding hydrogens is 318 g/mol. The standard InChI is InChI=1S/C20H23NO4/c1-14-11-18-19(25-10-9-24-18)13-16(14)7-8-21-20(22)12-15-3-5-17(23-2)6-4-15/h3-6,11,13H,7-10,12H2,1-2H3,(H,21,22). The molecule has 1 heterocycles. The molecule has 1 amide bonds. The molecule has 0 fully saturated rings. The second-order valence-corrected chi connectivity index (χ2v) is 6.05. The molecule has 3 rings (SSSR count). The second-order valence-electron chi connectivity index (χ2n) is 6.05. The lowest BCUT2D eigenvalue weighted by Crippen LogP contribution is -2.27. The molecule has 1 aliphatic heterocycles.